The molecule has 0 bridgehead atoms. The van der Waals surface area contributed by atoms with Gasteiger partial charge in [0, 0.05) is 15.7 Å². The Bertz CT molecular complexity index is 1270. The monoisotopic (exact) mass is 521 g/mol. The van der Waals surface area contributed by atoms with Crippen molar-refractivity contribution in [3.8, 4) is 22.8 Å². The Kier molecular flexibility index (Phi) is 7.21. The van der Waals surface area contributed by atoms with Crippen molar-refractivity contribution in [2.45, 2.75) is 12.1 Å². The second-order valence-electron chi connectivity index (χ2n) is 7.05. The number of thioether (sulfide) groups is 1. The Morgan fingerprint density at radius 1 is 1.03 bits per heavy atom. The van der Waals surface area contributed by atoms with Crippen LogP contribution in [0.25, 0.3) is 17.1 Å². The molecule has 0 atom stereocenters. The van der Waals surface area contributed by atoms with Gasteiger partial charge in [-0.1, -0.05) is 58.0 Å². The number of rotatable bonds is 7. The molecule has 0 unspecified atom stereocenters. The molecule has 1 heterocycles. The molecular formula is C24H20BrN5O2S. The third-order valence-electron chi connectivity index (χ3n) is 4.72. The van der Waals surface area contributed by atoms with Gasteiger partial charge in [-0.05, 0) is 61.0 Å². The zero-order valence-corrected chi connectivity index (χ0v) is 20.0. The first-order valence-electron chi connectivity index (χ1n) is 10.0. The third kappa shape index (κ3) is 5.68. The topological polar surface area (TPSA) is 92.4 Å². The molecule has 0 spiro atoms. The molecule has 33 heavy (non-hydrogen) atoms. The molecule has 3 aromatic carbocycles. The summed E-state index contributed by atoms with van der Waals surface area (Å²) in [6, 6.07) is 24.3. The van der Waals surface area contributed by atoms with E-state index < -0.39 is 0 Å². The number of carbonyl (C=O) groups excluding carboxylic acids is 1. The summed E-state index contributed by atoms with van der Waals surface area (Å²) in [6.45, 7) is 1.79. The maximum Gasteiger partial charge on any atom is 0.250 e. The van der Waals surface area contributed by atoms with E-state index >= 15 is 0 Å². The van der Waals surface area contributed by atoms with Crippen LogP contribution in [-0.4, -0.2) is 37.2 Å². The number of aromatic hydroxyl groups is 1. The first-order valence-corrected chi connectivity index (χ1v) is 11.8. The number of benzene rings is 3. The second kappa shape index (κ2) is 10.5. The van der Waals surface area contributed by atoms with Gasteiger partial charge in [0.05, 0.1) is 11.5 Å². The molecule has 2 N–H and O–H groups in total. The molecular weight excluding hydrogens is 502 g/mol. The average Bonchev–Trinajstić information content (AvgIpc) is 3.26. The van der Waals surface area contributed by atoms with Gasteiger partial charge in [-0.3, -0.25) is 9.36 Å². The van der Waals surface area contributed by atoms with E-state index in [-0.39, 0.29) is 17.4 Å². The highest BCUT2D eigenvalue weighted by molar-refractivity contribution is 9.10. The van der Waals surface area contributed by atoms with E-state index in [1.165, 1.54) is 11.8 Å². The van der Waals surface area contributed by atoms with Gasteiger partial charge in [0.2, 0.25) is 0 Å². The molecule has 0 aliphatic carbocycles. The lowest BCUT2D eigenvalue weighted by atomic mass is 10.1. The average molecular weight is 522 g/mol. The van der Waals surface area contributed by atoms with Crippen molar-refractivity contribution in [3.05, 3.63) is 88.9 Å². The van der Waals surface area contributed by atoms with E-state index in [0.29, 0.717) is 16.7 Å². The number of nitrogens with zero attached hydrogens (tertiary/aromatic N) is 4. The minimum atomic E-state index is -0.259. The van der Waals surface area contributed by atoms with Crippen LogP contribution in [0.3, 0.4) is 0 Å². The van der Waals surface area contributed by atoms with E-state index in [1.807, 2.05) is 59.2 Å². The maximum atomic E-state index is 12.4. The SMILES string of the molecule is C/C(=N/NC(=O)CSc1nnc(-c2ccccc2)n1-c1ccc(Br)cc1)c1ccc(O)cc1. The number of hydrogen-bond acceptors (Lipinski definition) is 6. The molecule has 0 aliphatic rings. The Morgan fingerprint density at radius 2 is 1.73 bits per heavy atom. The summed E-state index contributed by atoms with van der Waals surface area (Å²) in [5.74, 6) is 0.735. The van der Waals surface area contributed by atoms with Crippen molar-refractivity contribution in [1.82, 2.24) is 20.2 Å². The van der Waals surface area contributed by atoms with E-state index in [2.05, 4.69) is 36.7 Å². The van der Waals surface area contributed by atoms with Crippen molar-refractivity contribution < 1.29 is 9.90 Å². The first kappa shape index (κ1) is 22.8. The lowest BCUT2D eigenvalue weighted by Crippen LogP contribution is -2.21. The van der Waals surface area contributed by atoms with Gasteiger partial charge in [0.1, 0.15) is 5.75 Å². The standard InChI is InChI=1S/C24H20BrN5O2S/c1-16(17-7-13-21(31)14-8-17)26-27-22(32)15-33-24-29-28-23(18-5-3-2-4-6-18)30(24)20-11-9-19(25)10-12-20/h2-14,31H,15H2,1H3,(H,27,32)/b26-16-. The molecule has 9 heteroatoms. The van der Waals surface area contributed by atoms with Crippen molar-refractivity contribution in [1.29, 1.82) is 0 Å². The van der Waals surface area contributed by atoms with Crippen LogP contribution in [-0.2, 0) is 4.79 Å². The van der Waals surface area contributed by atoms with Crippen LogP contribution in [0.1, 0.15) is 12.5 Å². The van der Waals surface area contributed by atoms with Crippen LogP contribution in [0.5, 0.6) is 5.75 Å². The zero-order chi connectivity index (χ0) is 23.2. The summed E-state index contributed by atoms with van der Waals surface area (Å²) < 4.78 is 2.90. The fourth-order valence-corrected chi connectivity index (χ4v) is 4.04. The van der Waals surface area contributed by atoms with Gasteiger partial charge in [-0.25, -0.2) is 5.43 Å². The van der Waals surface area contributed by atoms with E-state index in [1.54, 1.807) is 31.2 Å². The van der Waals surface area contributed by atoms with Gasteiger partial charge in [0.15, 0.2) is 11.0 Å². The van der Waals surface area contributed by atoms with Crippen molar-refractivity contribution in [2.75, 3.05) is 5.75 Å². The van der Waals surface area contributed by atoms with Gasteiger partial charge in [0.25, 0.3) is 5.91 Å². The minimum absolute atomic E-state index is 0.121. The summed E-state index contributed by atoms with van der Waals surface area (Å²) in [4.78, 5) is 12.4. The molecule has 0 aliphatic heterocycles. The fraction of sp³-hybridized carbons (Fsp3) is 0.0833. The number of halogens is 1. The quantitative estimate of drug-likeness (QED) is 0.202. The Balaban J connectivity index is 1.51. The minimum Gasteiger partial charge on any atom is -0.508 e. The van der Waals surface area contributed by atoms with Crippen LogP contribution in [0.4, 0.5) is 0 Å². The number of carbonyl (C=O) groups is 1. The predicted octanol–water partition coefficient (Wildman–Crippen LogP) is 5.03. The van der Waals surface area contributed by atoms with Gasteiger partial charge in [-0.15, -0.1) is 10.2 Å². The van der Waals surface area contributed by atoms with Crippen LogP contribution in [0, 0.1) is 0 Å². The number of hydrazone groups is 1. The number of nitrogens with one attached hydrogen (secondary N) is 1. The molecule has 0 saturated carbocycles. The highest BCUT2D eigenvalue weighted by Gasteiger charge is 2.17. The predicted molar refractivity (Wildman–Crippen MR) is 134 cm³/mol. The summed E-state index contributed by atoms with van der Waals surface area (Å²) in [5.41, 5.74) is 5.84. The van der Waals surface area contributed by atoms with Gasteiger partial charge in [-0.2, -0.15) is 5.10 Å². The molecule has 4 rings (SSSR count). The van der Waals surface area contributed by atoms with Crippen LogP contribution in [0.15, 0.2) is 93.6 Å². The Morgan fingerprint density at radius 3 is 2.42 bits per heavy atom. The highest BCUT2D eigenvalue weighted by atomic mass is 79.9. The van der Waals surface area contributed by atoms with E-state index in [4.69, 9.17) is 0 Å². The normalized spacial score (nSPS) is 11.4. The summed E-state index contributed by atoms with van der Waals surface area (Å²) >= 11 is 4.75. The smallest absolute Gasteiger partial charge is 0.250 e. The van der Waals surface area contributed by atoms with Crippen molar-refractivity contribution in [2.24, 2.45) is 5.10 Å². The van der Waals surface area contributed by atoms with Gasteiger partial charge < -0.3 is 5.11 Å². The summed E-state index contributed by atoms with van der Waals surface area (Å²) in [5, 5.41) is 22.9. The molecule has 0 saturated heterocycles. The molecule has 1 amide bonds. The zero-order valence-electron chi connectivity index (χ0n) is 17.6. The lowest BCUT2D eigenvalue weighted by molar-refractivity contribution is -0.118. The maximum absolute atomic E-state index is 12.4. The Labute approximate surface area is 203 Å². The molecule has 7 nitrogen and oxygen atoms in total. The first-order chi connectivity index (χ1) is 16.0. The lowest BCUT2D eigenvalue weighted by Gasteiger charge is -2.10. The van der Waals surface area contributed by atoms with Crippen molar-refractivity contribution >= 4 is 39.3 Å². The molecule has 0 radical (unpaired) electrons. The third-order valence-corrected chi connectivity index (χ3v) is 6.17. The number of phenolic OH excluding ortho intramolecular Hbond substituents is 1. The van der Waals surface area contributed by atoms with E-state index in [0.717, 1.165) is 21.3 Å². The summed E-state index contributed by atoms with van der Waals surface area (Å²) in [6.07, 6.45) is 0. The van der Waals surface area contributed by atoms with Crippen LogP contribution in [0.2, 0.25) is 0 Å². The fourth-order valence-electron chi connectivity index (χ4n) is 3.04. The molecule has 0 fully saturated rings. The van der Waals surface area contributed by atoms with Crippen LogP contribution < -0.4 is 5.43 Å². The largest absolute Gasteiger partial charge is 0.508 e. The number of phenols is 1. The molecule has 1 aromatic heterocycles. The highest BCUT2D eigenvalue weighted by Crippen LogP contribution is 2.28. The Hall–Kier alpha value is -3.43. The van der Waals surface area contributed by atoms with Gasteiger partial charge >= 0.3 is 0 Å². The number of aromatic nitrogens is 3. The van der Waals surface area contributed by atoms with E-state index in [9.17, 15) is 9.90 Å². The number of hydrogen-bond donors (Lipinski definition) is 2. The van der Waals surface area contributed by atoms with Crippen molar-refractivity contribution in [3.63, 3.8) is 0 Å². The molecule has 4 aromatic rings. The van der Waals surface area contributed by atoms with Crippen LogP contribution >= 0.6 is 27.7 Å². The second-order valence-corrected chi connectivity index (χ2v) is 8.91. The summed E-state index contributed by atoms with van der Waals surface area (Å²) in [7, 11) is 0. The molecule has 166 valence electrons. The number of amides is 1.